The number of ether oxygens (including phenoxy) is 2. The van der Waals surface area contributed by atoms with Gasteiger partial charge in [-0.2, -0.15) is 0 Å². The molecule has 0 bridgehead atoms. The van der Waals surface area contributed by atoms with Gasteiger partial charge in [0.15, 0.2) is 0 Å². The smallest absolute Gasteiger partial charge is 0.248 e. The fourth-order valence-electron chi connectivity index (χ4n) is 2.94. The number of carbonyl (C=O) groups excluding carboxylic acids is 1. The van der Waals surface area contributed by atoms with Crippen molar-refractivity contribution in [1.29, 1.82) is 0 Å². The lowest BCUT2D eigenvalue weighted by Crippen LogP contribution is -2.32. The molecule has 6 nitrogen and oxygen atoms in total. The summed E-state index contributed by atoms with van der Waals surface area (Å²) in [5.74, 6) is 1.50. The Morgan fingerprint density at radius 2 is 2.32 bits per heavy atom. The number of aryl methyl sites for hydroxylation is 1. The van der Waals surface area contributed by atoms with Crippen LogP contribution in [0.25, 0.3) is 0 Å². The van der Waals surface area contributed by atoms with E-state index in [0.29, 0.717) is 12.5 Å². The molecule has 1 saturated heterocycles. The number of hydrogen-bond donors (Lipinski definition) is 0. The summed E-state index contributed by atoms with van der Waals surface area (Å²) in [4.78, 5) is 18.5. The third-order valence-corrected chi connectivity index (χ3v) is 4.15. The molecular formula is C16H27N3O3. The van der Waals surface area contributed by atoms with E-state index in [1.54, 1.807) is 7.11 Å². The molecule has 0 N–H and O–H groups in total. The zero-order chi connectivity index (χ0) is 15.9. The van der Waals surface area contributed by atoms with E-state index < -0.39 is 0 Å². The summed E-state index contributed by atoms with van der Waals surface area (Å²) in [6, 6.07) is 0. The molecule has 22 heavy (non-hydrogen) atoms. The molecule has 0 radical (unpaired) electrons. The number of nitrogens with zero attached hydrogens (tertiary/aromatic N) is 3. The van der Waals surface area contributed by atoms with E-state index in [-0.39, 0.29) is 12.5 Å². The lowest BCUT2D eigenvalue weighted by molar-refractivity contribution is -0.134. The summed E-state index contributed by atoms with van der Waals surface area (Å²) in [5.41, 5.74) is 1.17. The molecule has 2 heterocycles. The summed E-state index contributed by atoms with van der Waals surface area (Å²) in [5, 5.41) is 0. The average molecular weight is 309 g/mol. The SMILES string of the molecule is CCOCC(=O)N1CCC(c2ncc(C)n2CCCOC)C1. The third kappa shape index (κ3) is 4.08. The largest absolute Gasteiger partial charge is 0.385 e. The number of rotatable bonds is 8. The second-order valence-corrected chi connectivity index (χ2v) is 5.72. The lowest BCUT2D eigenvalue weighted by Gasteiger charge is -2.17. The number of imidazole rings is 1. The lowest BCUT2D eigenvalue weighted by atomic mass is 10.1. The van der Waals surface area contributed by atoms with Crippen molar-refractivity contribution in [3.8, 4) is 0 Å². The molecule has 0 spiro atoms. The molecule has 1 aromatic heterocycles. The van der Waals surface area contributed by atoms with E-state index >= 15 is 0 Å². The quantitative estimate of drug-likeness (QED) is 0.684. The van der Waals surface area contributed by atoms with E-state index in [4.69, 9.17) is 9.47 Å². The van der Waals surface area contributed by atoms with Crippen LogP contribution in [0.1, 0.15) is 37.2 Å². The van der Waals surface area contributed by atoms with Crippen LogP contribution in [0.2, 0.25) is 0 Å². The van der Waals surface area contributed by atoms with Gasteiger partial charge in [0.2, 0.25) is 5.91 Å². The molecule has 0 aromatic carbocycles. The predicted molar refractivity (Wildman–Crippen MR) is 83.9 cm³/mol. The van der Waals surface area contributed by atoms with E-state index in [0.717, 1.165) is 44.9 Å². The third-order valence-electron chi connectivity index (χ3n) is 4.15. The molecule has 1 amide bonds. The molecule has 124 valence electrons. The topological polar surface area (TPSA) is 56.6 Å². The Bertz CT molecular complexity index is 487. The molecule has 2 rings (SSSR count). The predicted octanol–water partition coefficient (Wildman–Crippen LogP) is 1.58. The van der Waals surface area contributed by atoms with Gasteiger partial charge in [-0.1, -0.05) is 0 Å². The zero-order valence-corrected chi connectivity index (χ0v) is 13.9. The molecule has 1 aromatic rings. The molecule has 1 atom stereocenters. The van der Waals surface area contributed by atoms with Gasteiger partial charge in [-0.3, -0.25) is 4.79 Å². The first-order chi connectivity index (χ1) is 10.7. The fourth-order valence-corrected chi connectivity index (χ4v) is 2.94. The van der Waals surface area contributed by atoms with Gasteiger partial charge in [0.1, 0.15) is 12.4 Å². The van der Waals surface area contributed by atoms with Crippen molar-refractivity contribution in [1.82, 2.24) is 14.5 Å². The highest BCUT2D eigenvalue weighted by molar-refractivity contribution is 5.77. The normalized spacial score (nSPS) is 18.1. The van der Waals surface area contributed by atoms with E-state index in [1.807, 2.05) is 18.0 Å². The summed E-state index contributed by atoms with van der Waals surface area (Å²) in [6.45, 7) is 7.94. The van der Waals surface area contributed by atoms with Crippen LogP contribution in [-0.4, -0.2) is 60.4 Å². The number of methoxy groups -OCH3 is 1. The van der Waals surface area contributed by atoms with Crippen molar-refractivity contribution < 1.29 is 14.3 Å². The number of carbonyl (C=O) groups is 1. The molecular weight excluding hydrogens is 282 g/mol. The van der Waals surface area contributed by atoms with Gasteiger partial charge < -0.3 is 18.9 Å². The van der Waals surface area contributed by atoms with Crippen molar-refractivity contribution in [2.45, 2.75) is 39.2 Å². The fraction of sp³-hybridized carbons (Fsp3) is 0.750. The highest BCUT2D eigenvalue weighted by atomic mass is 16.5. The Morgan fingerprint density at radius 3 is 3.05 bits per heavy atom. The summed E-state index contributed by atoms with van der Waals surface area (Å²) in [7, 11) is 1.72. The van der Waals surface area contributed by atoms with Crippen LogP contribution in [0, 0.1) is 6.92 Å². The van der Waals surface area contributed by atoms with Crippen molar-refractivity contribution in [3.05, 3.63) is 17.7 Å². The monoisotopic (exact) mass is 309 g/mol. The van der Waals surface area contributed by atoms with Crippen LogP contribution < -0.4 is 0 Å². The van der Waals surface area contributed by atoms with E-state index in [9.17, 15) is 4.79 Å². The molecule has 6 heteroatoms. The Balaban J connectivity index is 1.97. The van der Waals surface area contributed by atoms with Crippen molar-refractivity contribution in [3.63, 3.8) is 0 Å². The van der Waals surface area contributed by atoms with Crippen molar-refractivity contribution in [2.24, 2.45) is 0 Å². The number of likely N-dealkylation sites (tertiary alicyclic amines) is 1. The van der Waals surface area contributed by atoms with Crippen molar-refractivity contribution in [2.75, 3.05) is 40.0 Å². The van der Waals surface area contributed by atoms with Gasteiger partial charge in [-0.05, 0) is 26.7 Å². The summed E-state index contributed by atoms with van der Waals surface area (Å²) >= 11 is 0. The molecule has 0 aliphatic carbocycles. The molecule has 1 aliphatic heterocycles. The Morgan fingerprint density at radius 1 is 1.50 bits per heavy atom. The van der Waals surface area contributed by atoms with Crippen molar-refractivity contribution >= 4 is 5.91 Å². The van der Waals surface area contributed by atoms with Gasteiger partial charge in [0, 0.05) is 57.8 Å². The van der Waals surface area contributed by atoms with Gasteiger partial charge in [0.25, 0.3) is 0 Å². The Kier molecular flexibility index (Phi) is 6.39. The maximum atomic E-state index is 12.0. The van der Waals surface area contributed by atoms with E-state index in [1.165, 1.54) is 5.69 Å². The number of aromatic nitrogens is 2. The molecule has 1 fully saturated rings. The Hall–Kier alpha value is -1.40. The summed E-state index contributed by atoms with van der Waals surface area (Å²) in [6.07, 6.45) is 3.87. The van der Waals surface area contributed by atoms with Crippen LogP contribution in [0.15, 0.2) is 6.20 Å². The second-order valence-electron chi connectivity index (χ2n) is 5.72. The van der Waals surface area contributed by atoms with E-state index in [2.05, 4.69) is 16.5 Å². The molecule has 1 aliphatic rings. The minimum absolute atomic E-state index is 0.0820. The maximum absolute atomic E-state index is 12.0. The molecule has 1 unspecified atom stereocenters. The average Bonchev–Trinajstić information content (AvgIpc) is 3.13. The first-order valence-corrected chi connectivity index (χ1v) is 8.03. The van der Waals surface area contributed by atoms with Crippen LogP contribution in [0.4, 0.5) is 0 Å². The number of amides is 1. The second kappa shape index (κ2) is 8.29. The summed E-state index contributed by atoms with van der Waals surface area (Å²) < 4.78 is 12.6. The molecule has 0 saturated carbocycles. The minimum atomic E-state index is 0.0820. The maximum Gasteiger partial charge on any atom is 0.248 e. The minimum Gasteiger partial charge on any atom is -0.385 e. The van der Waals surface area contributed by atoms with Crippen LogP contribution in [0.5, 0.6) is 0 Å². The number of hydrogen-bond acceptors (Lipinski definition) is 4. The first kappa shape index (κ1) is 17.0. The standard InChI is InChI=1S/C16H27N3O3/c1-4-22-12-15(20)18-8-6-14(11-18)16-17-10-13(2)19(16)7-5-9-21-3/h10,14H,4-9,11-12H2,1-3H3. The van der Waals surface area contributed by atoms with Gasteiger partial charge in [-0.25, -0.2) is 4.98 Å². The Labute approximate surface area is 132 Å². The van der Waals surface area contributed by atoms with Gasteiger partial charge in [-0.15, -0.1) is 0 Å². The highest BCUT2D eigenvalue weighted by Gasteiger charge is 2.30. The highest BCUT2D eigenvalue weighted by Crippen LogP contribution is 2.27. The zero-order valence-electron chi connectivity index (χ0n) is 13.9. The van der Waals surface area contributed by atoms with Gasteiger partial charge in [0.05, 0.1) is 0 Å². The first-order valence-electron chi connectivity index (χ1n) is 8.03. The van der Waals surface area contributed by atoms with Crippen LogP contribution in [-0.2, 0) is 20.8 Å². The van der Waals surface area contributed by atoms with Crippen LogP contribution >= 0.6 is 0 Å². The van der Waals surface area contributed by atoms with Crippen LogP contribution in [0.3, 0.4) is 0 Å². The van der Waals surface area contributed by atoms with Gasteiger partial charge >= 0.3 is 0 Å².